The molecule has 0 saturated carbocycles. The van der Waals surface area contributed by atoms with Crippen LogP contribution in [0.25, 0.3) is 104 Å². The Morgan fingerprint density at radius 2 is 0.811 bits per heavy atom. The first-order valence-corrected chi connectivity index (χ1v) is 18.1. The Labute approximate surface area is 306 Å². The number of benzene rings is 9. The van der Waals surface area contributed by atoms with E-state index in [9.17, 15) is 0 Å². The van der Waals surface area contributed by atoms with Crippen LogP contribution in [0, 0.1) is 0 Å². The first-order valence-electron chi connectivity index (χ1n) is 18.1. The maximum atomic E-state index is 4.79. The van der Waals surface area contributed by atoms with Crippen LogP contribution >= 0.6 is 0 Å². The lowest BCUT2D eigenvalue weighted by molar-refractivity contribution is 1.20. The molecule has 11 rings (SSSR count). The third-order valence-electron chi connectivity index (χ3n) is 10.9. The quantitative estimate of drug-likeness (QED) is 0.174. The van der Waals surface area contributed by atoms with Crippen molar-refractivity contribution in [3.8, 4) is 39.1 Å². The average molecular weight is 674 g/mol. The topological polar surface area (TPSA) is 30.7 Å². The lowest BCUT2D eigenvalue weighted by Crippen LogP contribution is -1.95. The summed E-state index contributed by atoms with van der Waals surface area (Å²) in [7, 11) is 0. The van der Waals surface area contributed by atoms with Crippen LogP contribution < -0.4 is 0 Å². The Kier molecular flexibility index (Phi) is 6.55. The predicted molar refractivity (Wildman–Crippen MR) is 223 cm³/mol. The molecular weight excluding hydrogens is 643 g/mol. The van der Waals surface area contributed by atoms with Crippen molar-refractivity contribution >= 4 is 65.2 Å². The number of hydrogen-bond acceptors (Lipinski definition) is 2. The predicted octanol–water partition coefficient (Wildman–Crippen LogP) is 13.2. The minimum absolute atomic E-state index is 0.936. The van der Waals surface area contributed by atoms with E-state index in [1.54, 1.807) is 12.4 Å². The van der Waals surface area contributed by atoms with Crippen molar-refractivity contribution in [2.45, 2.75) is 0 Å². The SMILES string of the molecule is c1cc(-c2ccc(-c3cccc4c(-n5c6ccccc6c6ccccc65)cccc34)cc2)cc(-c2ccc3c4ccccc4c4nccnc4c3c2)c1. The lowest BCUT2D eigenvalue weighted by atomic mass is 9.93. The van der Waals surface area contributed by atoms with Gasteiger partial charge >= 0.3 is 0 Å². The fraction of sp³-hybridized carbons (Fsp3) is 0. The Morgan fingerprint density at radius 3 is 1.57 bits per heavy atom. The van der Waals surface area contributed by atoms with Crippen molar-refractivity contribution in [3.05, 3.63) is 188 Å². The summed E-state index contributed by atoms with van der Waals surface area (Å²) in [5.74, 6) is 0. The largest absolute Gasteiger partial charge is 0.309 e. The normalized spacial score (nSPS) is 11.8. The van der Waals surface area contributed by atoms with Crippen LogP contribution in [-0.4, -0.2) is 14.5 Å². The van der Waals surface area contributed by atoms with Gasteiger partial charge in [-0.05, 0) is 79.9 Å². The first-order chi connectivity index (χ1) is 26.3. The molecule has 9 aromatic carbocycles. The van der Waals surface area contributed by atoms with Gasteiger partial charge in [-0.3, -0.25) is 9.97 Å². The van der Waals surface area contributed by atoms with E-state index in [1.807, 2.05) is 0 Å². The molecule has 0 bridgehead atoms. The highest BCUT2D eigenvalue weighted by atomic mass is 15.0. The zero-order valence-corrected chi connectivity index (χ0v) is 28.7. The molecule has 246 valence electrons. The molecule has 0 unspecified atom stereocenters. The molecule has 3 nitrogen and oxygen atoms in total. The lowest BCUT2D eigenvalue weighted by Gasteiger charge is -2.14. The van der Waals surface area contributed by atoms with Gasteiger partial charge in [-0.2, -0.15) is 0 Å². The molecule has 0 atom stereocenters. The van der Waals surface area contributed by atoms with Gasteiger partial charge in [0.15, 0.2) is 0 Å². The third kappa shape index (κ3) is 4.61. The van der Waals surface area contributed by atoms with Crippen molar-refractivity contribution in [3.63, 3.8) is 0 Å². The highest BCUT2D eigenvalue weighted by Gasteiger charge is 2.16. The molecule has 0 radical (unpaired) electrons. The molecule has 3 heteroatoms. The van der Waals surface area contributed by atoms with Crippen molar-refractivity contribution in [2.24, 2.45) is 0 Å². The van der Waals surface area contributed by atoms with Crippen LogP contribution in [0.5, 0.6) is 0 Å². The van der Waals surface area contributed by atoms with Crippen molar-refractivity contribution < 1.29 is 0 Å². The van der Waals surface area contributed by atoms with E-state index < -0.39 is 0 Å². The zero-order valence-electron chi connectivity index (χ0n) is 28.7. The van der Waals surface area contributed by atoms with Gasteiger partial charge in [0.25, 0.3) is 0 Å². The number of nitrogens with zero attached hydrogens (tertiary/aromatic N) is 3. The van der Waals surface area contributed by atoms with Gasteiger partial charge in [-0.15, -0.1) is 0 Å². The Bertz CT molecular complexity index is 3140. The Morgan fingerprint density at radius 1 is 0.302 bits per heavy atom. The van der Waals surface area contributed by atoms with Crippen LogP contribution in [0.15, 0.2) is 188 Å². The Balaban J connectivity index is 0.979. The van der Waals surface area contributed by atoms with E-state index in [1.165, 1.54) is 76.9 Å². The van der Waals surface area contributed by atoms with Crippen LogP contribution in [0.3, 0.4) is 0 Å². The second-order valence-corrected chi connectivity index (χ2v) is 13.8. The highest BCUT2D eigenvalue weighted by molar-refractivity contribution is 6.23. The minimum atomic E-state index is 0.936. The van der Waals surface area contributed by atoms with Crippen molar-refractivity contribution in [2.75, 3.05) is 0 Å². The smallest absolute Gasteiger partial charge is 0.0971 e. The summed E-state index contributed by atoms with van der Waals surface area (Å²) < 4.78 is 2.42. The molecule has 2 aromatic heterocycles. The number of rotatable bonds is 4. The summed E-state index contributed by atoms with van der Waals surface area (Å²) in [4.78, 5) is 9.52. The van der Waals surface area contributed by atoms with Crippen LogP contribution in [0.2, 0.25) is 0 Å². The van der Waals surface area contributed by atoms with Crippen molar-refractivity contribution in [1.29, 1.82) is 0 Å². The maximum absolute atomic E-state index is 4.79. The van der Waals surface area contributed by atoms with E-state index in [2.05, 4.69) is 180 Å². The second kappa shape index (κ2) is 11.7. The number of para-hydroxylation sites is 2. The van der Waals surface area contributed by atoms with Crippen LogP contribution in [0.4, 0.5) is 0 Å². The third-order valence-corrected chi connectivity index (χ3v) is 10.9. The van der Waals surface area contributed by atoms with E-state index in [-0.39, 0.29) is 0 Å². The van der Waals surface area contributed by atoms with Crippen LogP contribution in [-0.2, 0) is 0 Å². The molecule has 0 saturated heterocycles. The summed E-state index contributed by atoms with van der Waals surface area (Å²) in [6.45, 7) is 0. The van der Waals surface area contributed by atoms with Gasteiger partial charge in [-0.1, -0.05) is 146 Å². The summed E-state index contributed by atoms with van der Waals surface area (Å²) in [6.07, 6.45) is 3.57. The summed E-state index contributed by atoms with van der Waals surface area (Å²) in [6, 6.07) is 63.9. The van der Waals surface area contributed by atoms with Gasteiger partial charge in [-0.25, -0.2) is 0 Å². The van der Waals surface area contributed by atoms with Gasteiger partial charge in [0, 0.05) is 39.3 Å². The van der Waals surface area contributed by atoms with Crippen LogP contribution in [0.1, 0.15) is 0 Å². The molecule has 0 fully saturated rings. The number of aromatic nitrogens is 3. The fourth-order valence-corrected chi connectivity index (χ4v) is 8.45. The minimum Gasteiger partial charge on any atom is -0.309 e. The molecular formula is C50H31N3. The summed E-state index contributed by atoms with van der Waals surface area (Å²) >= 11 is 0. The van der Waals surface area contributed by atoms with E-state index >= 15 is 0 Å². The Hall–Kier alpha value is -7.10. The van der Waals surface area contributed by atoms with Gasteiger partial charge in [0.1, 0.15) is 0 Å². The molecule has 0 aliphatic heterocycles. The van der Waals surface area contributed by atoms with E-state index in [4.69, 9.17) is 9.97 Å². The molecule has 0 spiro atoms. The van der Waals surface area contributed by atoms with E-state index in [0.717, 1.165) is 27.4 Å². The summed E-state index contributed by atoms with van der Waals surface area (Å²) in [5.41, 5.74) is 12.6. The van der Waals surface area contributed by atoms with Crippen molar-refractivity contribution in [1.82, 2.24) is 14.5 Å². The average Bonchev–Trinajstić information content (AvgIpc) is 3.57. The molecule has 53 heavy (non-hydrogen) atoms. The second-order valence-electron chi connectivity index (χ2n) is 13.8. The highest BCUT2D eigenvalue weighted by Crippen LogP contribution is 2.39. The van der Waals surface area contributed by atoms with Gasteiger partial charge in [0.05, 0.1) is 27.8 Å². The maximum Gasteiger partial charge on any atom is 0.0971 e. The monoisotopic (exact) mass is 673 g/mol. The summed E-state index contributed by atoms with van der Waals surface area (Å²) in [5, 5.41) is 9.66. The molecule has 0 aliphatic rings. The number of fused-ring (bicyclic) bond motifs is 10. The molecule has 0 amide bonds. The van der Waals surface area contributed by atoms with E-state index in [0.29, 0.717) is 0 Å². The zero-order chi connectivity index (χ0) is 34.9. The first kappa shape index (κ1) is 29.6. The molecule has 0 aliphatic carbocycles. The molecule has 0 N–H and O–H groups in total. The van der Waals surface area contributed by atoms with Gasteiger partial charge in [0.2, 0.25) is 0 Å². The molecule has 11 aromatic rings. The standard InChI is InChI=1S/C50H31N3/c1-2-15-44-39(12-1)40-27-26-36(31-45(40)50-49(44)51-28-29-52-50)35-11-7-10-34(30-35)32-22-24-33(25-23-32)37-16-8-18-41-38(37)17-9-21-48(41)53-46-19-5-3-13-42(46)43-14-4-6-20-47(43)53/h1-31H. The number of hydrogen-bond donors (Lipinski definition) is 0. The molecule has 2 heterocycles. The van der Waals surface area contributed by atoms with Gasteiger partial charge < -0.3 is 4.57 Å². The fourth-order valence-electron chi connectivity index (χ4n) is 8.45.